The Labute approximate surface area is 80.5 Å². The van der Waals surface area contributed by atoms with Crippen LogP contribution in [0.4, 0.5) is 0 Å². The topological polar surface area (TPSA) is 0 Å². The summed E-state index contributed by atoms with van der Waals surface area (Å²) in [6, 6.07) is 5.97. The molecule has 0 saturated carbocycles. The fourth-order valence-corrected chi connectivity index (χ4v) is 3.31. The molecule has 0 aliphatic carbocycles. The van der Waals surface area contributed by atoms with Gasteiger partial charge in [0.25, 0.3) is 0 Å². The second kappa shape index (κ2) is 3.92. The van der Waals surface area contributed by atoms with Crippen molar-refractivity contribution in [2.75, 3.05) is 0 Å². The molecule has 1 radical (unpaired) electrons. The van der Waals surface area contributed by atoms with Gasteiger partial charge in [-0.1, -0.05) is 49.5 Å². The van der Waals surface area contributed by atoms with E-state index in [2.05, 4.69) is 25.7 Å². The molecule has 12 heavy (non-hydrogen) atoms. The highest BCUT2D eigenvalue weighted by Gasteiger charge is 2.08. The van der Waals surface area contributed by atoms with E-state index in [0.717, 1.165) is 5.02 Å². The van der Waals surface area contributed by atoms with Gasteiger partial charge in [-0.15, -0.1) is 0 Å². The molecule has 0 N–H and O–H groups in total. The molecule has 0 spiro atoms. The maximum absolute atomic E-state index is 6.08. The van der Waals surface area contributed by atoms with Crippen LogP contribution >= 0.6 is 11.6 Å². The van der Waals surface area contributed by atoms with Crippen molar-refractivity contribution in [2.24, 2.45) is 0 Å². The Hall–Kier alpha value is -0.533. The van der Waals surface area contributed by atoms with Crippen molar-refractivity contribution in [3.8, 4) is 0 Å². The molecule has 0 bridgehead atoms. The highest BCUT2D eigenvalue weighted by molar-refractivity contribution is 6.74. The number of halogens is 1. The lowest BCUT2D eigenvalue weighted by atomic mass is 10.2. The number of benzene rings is 1. The van der Waals surface area contributed by atoms with Crippen LogP contribution < -0.4 is 5.19 Å². The van der Waals surface area contributed by atoms with Gasteiger partial charge in [0, 0.05) is 5.02 Å². The predicted molar refractivity (Wildman–Crippen MR) is 58.7 cm³/mol. The minimum Gasteiger partial charge on any atom is -0.0985 e. The molecule has 0 unspecified atom stereocenters. The second-order valence-corrected chi connectivity index (χ2v) is 5.82. The molecular weight excluding hydrogens is 184 g/mol. The fraction of sp³-hybridized carbons (Fsp3) is 0.200. The van der Waals surface area contributed by atoms with Crippen LogP contribution in [-0.4, -0.2) is 8.80 Å². The smallest absolute Gasteiger partial charge is 0.0819 e. The van der Waals surface area contributed by atoms with Crippen LogP contribution in [0.3, 0.4) is 0 Å². The molecule has 1 aromatic rings. The van der Waals surface area contributed by atoms with E-state index in [1.165, 1.54) is 10.8 Å². The highest BCUT2D eigenvalue weighted by Crippen LogP contribution is 2.10. The van der Waals surface area contributed by atoms with E-state index in [9.17, 15) is 0 Å². The van der Waals surface area contributed by atoms with E-state index in [-0.39, 0.29) is 0 Å². The Bertz CT molecular complexity index is 292. The Morgan fingerprint density at radius 2 is 2.08 bits per heavy atom. The highest BCUT2D eigenvalue weighted by atomic mass is 35.5. The van der Waals surface area contributed by atoms with E-state index in [1.54, 1.807) is 0 Å². The van der Waals surface area contributed by atoms with Crippen LogP contribution in [-0.2, 0) is 0 Å². The second-order valence-electron chi connectivity index (χ2n) is 2.91. The van der Waals surface area contributed by atoms with Crippen LogP contribution in [0.2, 0.25) is 18.1 Å². The average Bonchev–Trinajstić information content (AvgIpc) is 2.03. The summed E-state index contributed by atoms with van der Waals surface area (Å²) in [5, 5.41) is 2.17. The van der Waals surface area contributed by atoms with Crippen molar-refractivity contribution in [3.63, 3.8) is 0 Å². The molecule has 2 heteroatoms. The van der Waals surface area contributed by atoms with Gasteiger partial charge in [-0.3, -0.25) is 0 Å². The van der Waals surface area contributed by atoms with Crippen molar-refractivity contribution >= 4 is 31.7 Å². The summed E-state index contributed by atoms with van der Waals surface area (Å²) in [7, 11) is -0.487. The zero-order valence-electron chi connectivity index (χ0n) is 7.39. The van der Waals surface area contributed by atoms with E-state index in [0.29, 0.717) is 0 Å². The molecule has 63 valence electrons. The first-order valence-corrected chi connectivity index (χ1v) is 6.76. The summed E-state index contributed by atoms with van der Waals surface area (Å²) in [5.41, 5.74) is 1.18. The van der Waals surface area contributed by atoms with Gasteiger partial charge in [0.05, 0.1) is 8.80 Å². The van der Waals surface area contributed by atoms with Crippen LogP contribution in [0.15, 0.2) is 24.8 Å². The summed E-state index contributed by atoms with van der Waals surface area (Å²) in [6.45, 7) is 8.24. The lowest BCUT2D eigenvalue weighted by Crippen LogP contribution is -2.26. The van der Waals surface area contributed by atoms with E-state index in [1.807, 2.05) is 18.2 Å². The van der Waals surface area contributed by atoms with Crippen LogP contribution in [0.25, 0.3) is 6.08 Å². The van der Waals surface area contributed by atoms with Crippen LogP contribution in [0, 0.1) is 0 Å². The molecule has 1 rings (SSSR count). The molecule has 0 atom stereocenters. The molecule has 1 aromatic carbocycles. The van der Waals surface area contributed by atoms with Crippen LogP contribution in [0.5, 0.6) is 0 Å². The fourth-order valence-electron chi connectivity index (χ4n) is 1.24. The van der Waals surface area contributed by atoms with Crippen molar-refractivity contribution in [1.82, 2.24) is 0 Å². The molecule has 0 aliphatic rings. The van der Waals surface area contributed by atoms with Crippen molar-refractivity contribution in [3.05, 3.63) is 35.4 Å². The van der Waals surface area contributed by atoms with Gasteiger partial charge in [0.1, 0.15) is 0 Å². The normalized spacial score (nSPS) is 10.3. The van der Waals surface area contributed by atoms with Gasteiger partial charge in [0.15, 0.2) is 0 Å². The molecule has 0 aromatic heterocycles. The maximum atomic E-state index is 6.08. The van der Waals surface area contributed by atoms with Crippen molar-refractivity contribution < 1.29 is 0 Å². The summed E-state index contributed by atoms with van der Waals surface area (Å²) in [5.74, 6) is 0. The monoisotopic (exact) mass is 195 g/mol. The van der Waals surface area contributed by atoms with E-state index >= 15 is 0 Å². The van der Waals surface area contributed by atoms with Crippen LogP contribution in [0.1, 0.15) is 5.56 Å². The first-order valence-electron chi connectivity index (χ1n) is 3.88. The summed E-state index contributed by atoms with van der Waals surface area (Å²) < 4.78 is 0. The van der Waals surface area contributed by atoms with E-state index in [4.69, 9.17) is 11.6 Å². The van der Waals surface area contributed by atoms with E-state index < -0.39 is 8.80 Å². The summed E-state index contributed by atoms with van der Waals surface area (Å²) >= 11 is 6.08. The number of rotatable bonds is 2. The molecule has 0 fully saturated rings. The SMILES string of the molecule is C=Cc1cccc(Cl)c1[Si](C)C. The molecule has 0 saturated heterocycles. The standard InChI is InChI=1S/C10H12ClSi/c1-4-8-6-5-7-9(11)10(8)12(2)3/h4-7H,1H2,2-3H3. The van der Waals surface area contributed by atoms with Crippen molar-refractivity contribution in [2.45, 2.75) is 13.1 Å². The third-order valence-corrected chi connectivity index (χ3v) is 3.80. The Balaban J connectivity index is 3.29. The molecule has 0 nitrogen and oxygen atoms in total. The zero-order valence-corrected chi connectivity index (χ0v) is 9.15. The molecule has 0 amide bonds. The Kier molecular flexibility index (Phi) is 3.12. The minimum atomic E-state index is -0.487. The number of hydrogen-bond acceptors (Lipinski definition) is 0. The first kappa shape index (κ1) is 9.55. The minimum absolute atomic E-state index is 0.487. The van der Waals surface area contributed by atoms with Gasteiger partial charge in [0.2, 0.25) is 0 Å². The lowest BCUT2D eigenvalue weighted by molar-refractivity contribution is 1.69. The Morgan fingerprint density at radius 1 is 1.42 bits per heavy atom. The summed E-state index contributed by atoms with van der Waals surface area (Å²) in [4.78, 5) is 0. The molecular formula is C10H12ClSi. The predicted octanol–water partition coefficient (Wildman–Crippen LogP) is 2.94. The largest absolute Gasteiger partial charge is 0.0985 e. The van der Waals surface area contributed by atoms with Gasteiger partial charge >= 0.3 is 0 Å². The third-order valence-electron chi connectivity index (χ3n) is 1.77. The summed E-state index contributed by atoms with van der Waals surface area (Å²) in [6.07, 6.45) is 1.87. The Morgan fingerprint density at radius 3 is 2.50 bits per heavy atom. The number of hydrogen-bond donors (Lipinski definition) is 0. The van der Waals surface area contributed by atoms with Gasteiger partial charge in [-0.05, 0) is 16.8 Å². The van der Waals surface area contributed by atoms with Gasteiger partial charge in [-0.2, -0.15) is 0 Å². The van der Waals surface area contributed by atoms with Gasteiger partial charge < -0.3 is 0 Å². The molecule has 0 aliphatic heterocycles. The van der Waals surface area contributed by atoms with Gasteiger partial charge in [-0.25, -0.2) is 0 Å². The van der Waals surface area contributed by atoms with Crippen molar-refractivity contribution in [1.29, 1.82) is 0 Å². The maximum Gasteiger partial charge on any atom is 0.0819 e. The quantitative estimate of drug-likeness (QED) is 0.637. The average molecular weight is 196 g/mol. The third kappa shape index (κ3) is 1.79. The lowest BCUT2D eigenvalue weighted by Gasteiger charge is -2.09. The zero-order chi connectivity index (χ0) is 9.14. The first-order chi connectivity index (χ1) is 5.66. The molecule has 0 heterocycles.